The number of carbonyl (C=O) groups excluding carboxylic acids is 1. The minimum Gasteiger partial charge on any atom is -0.481 e. The highest BCUT2D eigenvalue weighted by molar-refractivity contribution is 7.13. The number of nitrogens with zero attached hydrogens (tertiary/aromatic N) is 2. The fourth-order valence-electron chi connectivity index (χ4n) is 1.80. The molecule has 0 fully saturated rings. The highest BCUT2D eigenvalue weighted by atomic mass is 32.1. The molecule has 1 aromatic rings. The van der Waals surface area contributed by atoms with E-state index in [9.17, 15) is 9.59 Å². The van der Waals surface area contributed by atoms with Gasteiger partial charge in [0.25, 0.3) is 0 Å². The smallest absolute Gasteiger partial charge is 0.307 e. The number of amides is 1. The maximum Gasteiger partial charge on any atom is 0.307 e. The molecule has 2 rings (SSSR count). The van der Waals surface area contributed by atoms with Gasteiger partial charge in [-0.15, -0.1) is 10.2 Å². The summed E-state index contributed by atoms with van der Waals surface area (Å²) in [6.07, 6.45) is 4.47. The largest absolute Gasteiger partial charge is 0.481 e. The van der Waals surface area contributed by atoms with Gasteiger partial charge in [0.1, 0.15) is 5.51 Å². The van der Waals surface area contributed by atoms with Gasteiger partial charge >= 0.3 is 5.97 Å². The van der Waals surface area contributed by atoms with E-state index in [1.807, 2.05) is 6.08 Å². The van der Waals surface area contributed by atoms with Crippen molar-refractivity contribution < 1.29 is 14.7 Å². The van der Waals surface area contributed by atoms with Crippen LogP contribution in [-0.2, 0) is 9.59 Å². The molecule has 1 aliphatic carbocycles. The number of carboxylic acids is 1. The van der Waals surface area contributed by atoms with Crippen LogP contribution in [0, 0.1) is 11.8 Å². The lowest BCUT2D eigenvalue weighted by Crippen LogP contribution is -2.34. The standard InChI is InChI=1S/C10H11N3O3S/c14-8(12-10-13-11-5-17-10)6-3-1-2-4-7(6)9(15)16/h1-2,5-7H,3-4H2,(H,15,16)(H,12,13,14)/t6-,7+/m0/s1. The van der Waals surface area contributed by atoms with Crippen LogP contribution >= 0.6 is 11.3 Å². The van der Waals surface area contributed by atoms with Crippen LogP contribution in [0.15, 0.2) is 17.7 Å². The van der Waals surface area contributed by atoms with Crippen LogP contribution in [0.25, 0.3) is 0 Å². The maximum absolute atomic E-state index is 11.9. The number of hydrogen-bond acceptors (Lipinski definition) is 5. The predicted molar refractivity (Wildman–Crippen MR) is 61.5 cm³/mol. The van der Waals surface area contributed by atoms with Gasteiger partial charge in [-0.2, -0.15) is 0 Å². The summed E-state index contributed by atoms with van der Waals surface area (Å²) >= 11 is 1.21. The second kappa shape index (κ2) is 5.05. The van der Waals surface area contributed by atoms with Crippen LogP contribution in [0.4, 0.5) is 5.13 Å². The summed E-state index contributed by atoms with van der Waals surface area (Å²) in [7, 11) is 0. The Labute approximate surface area is 101 Å². The molecule has 1 aromatic heterocycles. The van der Waals surface area contributed by atoms with Crippen LogP contribution in [0.3, 0.4) is 0 Å². The first-order chi connectivity index (χ1) is 8.18. The van der Waals surface area contributed by atoms with Gasteiger partial charge in [0.05, 0.1) is 11.8 Å². The molecule has 6 nitrogen and oxygen atoms in total. The maximum atomic E-state index is 11.9. The molecule has 7 heteroatoms. The Balaban J connectivity index is 2.07. The van der Waals surface area contributed by atoms with Crippen molar-refractivity contribution in [3.63, 3.8) is 0 Å². The lowest BCUT2D eigenvalue weighted by molar-refractivity contribution is -0.146. The SMILES string of the molecule is O=C(Nc1nncs1)[C@H]1CC=CC[C@H]1C(=O)O. The van der Waals surface area contributed by atoms with Crippen LogP contribution in [-0.4, -0.2) is 27.2 Å². The molecule has 0 saturated heterocycles. The fraction of sp³-hybridized carbons (Fsp3) is 0.400. The van der Waals surface area contributed by atoms with Gasteiger partial charge in [0.15, 0.2) is 0 Å². The quantitative estimate of drug-likeness (QED) is 0.788. The zero-order chi connectivity index (χ0) is 12.3. The van der Waals surface area contributed by atoms with Crippen LogP contribution in [0.1, 0.15) is 12.8 Å². The fourth-order valence-corrected chi connectivity index (χ4v) is 2.25. The molecule has 0 spiro atoms. The van der Waals surface area contributed by atoms with Crippen molar-refractivity contribution in [1.82, 2.24) is 10.2 Å². The van der Waals surface area contributed by atoms with Crippen molar-refractivity contribution >= 4 is 28.3 Å². The summed E-state index contributed by atoms with van der Waals surface area (Å²) in [6, 6.07) is 0. The number of aromatic nitrogens is 2. The molecule has 0 aliphatic heterocycles. The molecular weight excluding hydrogens is 242 g/mol. The minimum absolute atomic E-state index is 0.307. The van der Waals surface area contributed by atoms with E-state index >= 15 is 0 Å². The van der Waals surface area contributed by atoms with Gasteiger partial charge in [0, 0.05) is 0 Å². The number of anilines is 1. The number of aliphatic carboxylic acids is 1. The molecular formula is C10H11N3O3S. The molecule has 2 atom stereocenters. The average molecular weight is 253 g/mol. The van der Waals surface area contributed by atoms with Gasteiger partial charge < -0.3 is 10.4 Å². The molecule has 0 bridgehead atoms. The molecule has 0 unspecified atom stereocenters. The molecule has 2 N–H and O–H groups in total. The number of hydrogen-bond donors (Lipinski definition) is 2. The van der Waals surface area contributed by atoms with Gasteiger partial charge in [-0.05, 0) is 12.8 Å². The molecule has 1 heterocycles. The number of nitrogens with one attached hydrogen (secondary N) is 1. The van der Waals surface area contributed by atoms with E-state index < -0.39 is 17.8 Å². The van der Waals surface area contributed by atoms with E-state index in [0.29, 0.717) is 18.0 Å². The summed E-state index contributed by atoms with van der Waals surface area (Å²) in [6.45, 7) is 0. The molecule has 0 radical (unpaired) electrons. The van der Waals surface area contributed by atoms with E-state index in [-0.39, 0.29) is 5.91 Å². The lowest BCUT2D eigenvalue weighted by atomic mass is 9.82. The average Bonchev–Trinajstić information content (AvgIpc) is 2.81. The lowest BCUT2D eigenvalue weighted by Gasteiger charge is -2.23. The van der Waals surface area contributed by atoms with Gasteiger partial charge in [0.2, 0.25) is 11.0 Å². The Morgan fingerprint density at radius 2 is 2.06 bits per heavy atom. The monoisotopic (exact) mass is 253 g/mol. The van der Waals surface area contributed by atoms with Crippen molar-refractivity contribution in [1.29, 1.82) is 0 Å². The summed E-state index contributed by atoms with van der Waals surface area (Å²) in [4.78, 5) is 22.9. The summed E-state index contributed by atoms with van der Waals surface area (Å²) in [5, 5.41) is 19.3. The third-order valence-corrected chi connectivity index (χ3v) is 3.28. The molecule has 0 aromatic carbocycles. The van der Waals surface area contributed by atoms with E-state index in [2.05, 4.69) is 15.5 Å². The first-order valence-electron chi connectivity index (χ1n) is 5.13. The van der Waals surface area contributed by atoms with Crippen LogP contribution < -0.4 is 5.32 Å². The number of carbonyl (C=O) groups is 2. The van der Waals surface area contributed by atoms with Crippen LogP contribution in [0.2, 0.25) is 0 Å². The van der Waals surface area contributed by atoms with Gasteiger partial charge in [-0.1, -0.05) is 23.5 Å². The number of allylic oxidation sites excluding steroid dienone is 2. The zero-order valence-corrected chi connectivity index (χ0v) is 9.68. The number of carboxylic acid groups (broad SMARTS) is 1. The Kier molecular flexibility index (Phi) is 3.48. The molecule has 0 saturated carbocycles. The van der Waals surface area contributed by atoms with Crippen molar-refractivity contribution in [2.75, 3.05) is 5.32 Å². The Morgan fingerprint density at radius 3 is 2.65 bits per heavy atom. The summed E-state index contributed by atoms with van der Waals surface area (Å²) in [5.74, 6) is -2.44. The van der Waals surface area contributed by atoms with Crippen molar-refractivity contribution in [2.24, 2.45) is 11.8 Å². The topological polar surface area (TPSA) is 92.2 Å². The summed E-state index contributed by atoms with van der Waals surface area (Å²) in [5.41, 5.74) is 1.51. The Bertz CT molecular complexity index is 444. The van der Waals surface area contributed by atoms with Crippen LogP contribution in [0.5, 0.6) is 0 Å². The molecule has 90 valence electrons. The van der Waals surface area contributed by atoms with Gasteiger partial charge in [-0.3, -0.25) is 9.59 Å². The Morgan fingerprint density at radius 1 is 1.35 bits per heavy atom. The van der Waals surface area contributed by atoms with Crippen molar-refractivity contribution in [2.45, 2.75) is 12.8 Å². The summed E-state index contributed by atoms with van der Waals surface area (Å²) < 4.78 is 0. The van der Waals surface area contributed by atoms with E-state index in [0.717, 1.165) is 0 Å². The predicted octanol–water partition coefficient (Wildman–Crippen LogP) is 1.14. The highest BCUT2D eigenvalue weighted by Gasteiger charge is 2.34. The molecule has 1 amide bonds. The highest BCUT2D eigenvalue weighted by Crippen LogP contribution is 2.27. The van der Waals surface area contributed by atoms with Gasteiger partial charge in [-0.25, -0.2) is 0 Å². The first kappa shape index (κ1) is 11.7. The normalized spacial score (nSPS) is 23.3. The third-order valence-electron chi connectivity index (χ3n) is 2.68. The molecule has 17 heavy (non-hydrogen) atoms. The van der Waals surface area contributed by atoms with Crippen molar-refractivity contribution in [3.05, 3.63) is 17.7 Å². The second-order valence-electron chi connectivity index (χ2n) is 3.73. The van der Waals surface area contributed by atoms with E-state index in [4.69, 9.17) is 5.11 Å². The van der Waals surface area contributed by atoms with E-state index in [1.54, 1.807) is 6.08 Å². The van der Waals surface area contributed by atoms with E-state index in [1.165, 1.54) is 16.8 Å². The third kappa shape index (κ3) is 2.68. The Hall–Kier alpha value is -1.76. The minimum atomic E-state index is -0.938. The number of rotatable bonds is 3. The second-order valence-corrected chi connectivity index (χ2v) is 4.56. The first-order valence-corrected chi connectivity index (χ1v) is 6.01. The molecule has 1 aliphatic rings. The zero-order valence-electron chi connectivity index (χ0n) is 8.87. The van der Waals surface area contributed by atoms with Crippen molar-refractivity contribution in [3.8, 4) is 0 Å².